The van der Waals surface area contributed by atoms with E-state index >= 15 is 0 Å². The third kappa shape index (κ3) is 9.01. The van der Waals surface area contributed by atoms with Crippen molar-refractivity contribution in [1.29, 1.82) is 0 Å². The summed E-state index contributed by atoms with van der Waals surface area (Å²) in [4.78, 5) is 30.4. The first-order valence-corrected chi connectivity index (χ1v) is 17.0. The zero-order valence-electron chi connectivity index (χ0n) is 20.5. The minimum Gasteiger partial charge on any atom is -0.434 e. The molecule has 0 fully saturated rings. The molecule has 0 aliphatic heterocycles. The van der Waals surface area contributed by atoms with Crippen molar-refractivity contribution in [3.05, 3.63) is 66.1 Å². The van der Waals surface area contributed by atoms with E-state index in [0.29, 0.717) is 11.1 Å². The predicted molar refractivity (Wildman–Crippen MR) is 140 cm³/mol. The molecule has 0 spiro atoms. The number of sulfonamides is 1. The number of ketones is 1. The number of aromatic nitrogens is 1. The van der Waals surface area contributed by atoms with Crippen LogP contribution >= 0.6 is 0 Å². The maximum absolute atomic E-state index is 13.2. The van der Waals surface area contributed by atoms with Gasteiger partial charge < -0.3 is 9.73 Å². The number of carbonyl (C=O) groups excluding carboxylic acids is 2. The van der Waals surface area contributed by atoms with E-state index in [1.807, 2.05) is 4.72 Å². The molecule has 0 saturated heterocycles. The molecular weight excluding hydrogens is 558 g/mol. The van der Waals surface area contributed by atoms with Crippen molar-refractivity contribution in [3.63, 3.8) is 0 Å². The van der Waals surface area contributed by atoms with Gasteiger partial charge in [-0.15, -0.1) is 0 Å². The Morgan fingerprint density at radius 3 is 2.13 bits per heavy atom. The average Bonchev–Trinajstić information content (AvgIpc) is 3.24. The molecule has 0 aliphatic rings. The number of rotatable bonds is 13. The molecule has 0 unspecified atom stereocenters. The van der Waals surface area contributed by atoms with Crippen molar-refractivity contribution < 1.29 is 39.3 Å². The Hall–Kier alpha value is -3.14. The number of fused-ring (bicyclic) bond motifs is 1. The van der Waals surface area contributed by atoms with Gasteiger partial charge in [-0.25, -0.2) is 35.0 Å². The number of nitrogens with zero attached hydrogens (tertiary/aromatic N) is 1. The van der Waals surface area contributed by atoms with E-state index in [0.717, 1.165) is 12.5 Å². The van der Waals surface area contributed by atoms with Crippen LogP contribution in [-0.4, -0.2) is 78.0 Å². The molecular formula is C23H27N3O9S3. The molecule has 1 aromatic heterocycles. The second-order valence-electron chi connectivity index (χ2n) is 8.81. The maximum atomic E-state index is 13.2. The van der Waals surface area contributed by atoms with Crippen LogP contribution in [0.25, 0.3) is 11.1 Å². The largest absolute Gasteiger partial charge is 0.434 e. The van der Waals surface area contributed by atoms with Gasteiger partial charge in [-0.3, -0.25) is 9.59 Å². The first-order valence-electron chi connectivity index (χ1n) is 11.2. The summed E-state index contributed by atoms with van der Waals surface area (Å²) in [5.74, 6) is -4.24. The van der Waals surface area contributed by atoms with Crippen molar-refractivity contribution in [2.45, 2.75) is 24.3 Å². The number of oxazole rings is 1. The van der Waals surface area contributed by atoms with E-state index in [4.69, 9.17) is 4.42 Å². The number of para-hydroxylation sites is 2. The number of amides is 1. The van der Waals surface area contributed by atoms with E-state index in [1.54, 1.807) is 54.6 Å². The van der Waals surface area contributed by atoms with E-state index in [9.17, 15) is 34.8 Å². The SMILES string of the molecule is CS(=O)(=O)CC[C@H](NC(=O)[C@H](CS(=O)(=O)Cc1ccccc1)NS(C)(=O)=O)C(=O)c1nc2ccccc2o1. The van der Waals surface area contributed by atoms with E-state index in [2.05, 4.69) is 10.3 Å². The first-order chi connectivity index (χ1) is 17.6. The molecule has 2 aromatic carbocycles. The smallest absolute Gasteiger partial charge is 0.266 e. The fourth-order valence-corrected chi connectivity index (χ4v) is 6.60. The molecule has 0 aliphatic carbocycles. The van der Waals surface area contributed by atoms with Gasteiger partial charge in [-0.2, -0.15) is 0 Å². The van der Waals surface area contributed by atoms with Gasteiger partial charge in [0.1, 0.15) is 21.4 Å². The Labute approximate surface area is 220 Å². The van der Waals surface area contributed by atoms with Crippen LogP contribution in [0.2, 0.25) is 0 Å². The van der Waals surface area contributed by atoms with Gasteiger partial charge in [-0.05, 0) is 24.1 Å². The monoisotopic (exact) mass is 585 g/mol. The summed E-state index contributed by atoms with van der Waals surface area (Å²) in [7, 11) is -11.6. The standard InChI is InChI=1S/C23H27N3O9S3/c1-36(29,30)13-12-18(21(27)23-25-17-10-6-7-11-20(17)35-23)24-22(28)19(26-37(2,31)32)15-38(33,34)14-16-8-4-3-5-9-16/h3-11,18-19,26H,12-15H2,1-2H3,(H,24,28)/t18-,19-/m0/s1. The summed E-state index contributed by atoms with van der Waals surface area (Å²) in [6.45, 7) is 0. The number of hydrogen-bond donors (Lipinski definition) is 2. The Bertz CT molecular complexity index is 1600. The minimum absolute atomic E-state index is 0.285. The van der Waals surface area contributed by atoms with Crippen LogP contribution in [0, 0.1) is 0 Å². The molecule has 206 valence electrons. The number of carbonyl (C=O) groups is 2. The molecule has 12 nitrogen and oxygen atoms in total. The van der Waals surface area contributed by atoms with Crippen LogP contribution in [0.15, 0.2) is 59.0 Å². The third-order valence-electron chi connectivity index (χ3n) is 5.24. The van der Waals surface area contributed by atoms with Crippen LogP contribution in [0.4, 0.5) is 0 Å². The maximum Gasteiger partial charge on any atom is 0.266 e. The highest BCUT2D eigenvalue weighted by atomic mass is 32.2. The Kier molecular flexibility index (Phi) is 9.07. The first kappa shape index (κ1) is 29.4. The van der Waals surface area contributed by atoms with Gasteiger partial charge in [0.2, 0.25) is 21.7 Å². The highest BCUT2D eigenvalue weighted by Gasteiger charge is 2.33. The molecule has 3 aromatic rings. The zero-order valence-corrected chi connectivity index (χ0v) is 23.0. The van der Waals surface area contributed by atoms with Crippen molar-refractivity contribution in [1.82, 2.24) is 15.0 Å². The topological polar surface area (TPSA) is 187 Å². The normalized spacial score (nSPS) is 14.2. The fraction of sp³-hybridized carbons (Fsp3) is 0.348. The van der Waals surface area contributed by atoms with Gasteiger partial charge >= 0.3 is 0 Å². The third-order valence-corrected chi connectivity index (χ3v) is 8.54. The molecule has 0 radical (unpaired) electrons. The summed E-state index contributed by atoms with van der Waals surface area (Å²) in [5.41, 5.74) is 1.07. The Morgan fingerprint density at radius 1 is 0.895 bits per heavy atom. The summed E-state index contributed by atoms with van der Waals surface area (Å²) in [6, 6.07) is 11.3. The fourth-order valence-electron chi connectivity index (χ4n) is 3.56. The van der Waals surface area contributed by atoms with Crippen LogP contribution in [0.5, 0.6) is 0 Å². The lowest BCUT2D eigenvalue weighted by Gasteiger charge is -2.21. The minimum atomic E-state index is -4.06. The lowest BCUT2D eigenvalue weighted by molar-refractivity contribution is -0.122. The van der Waals surface area contributed by atoms with Gasteiger partial charge in [0.15, 0.2) is 15.4 Å². The number of sulfone groups is 2. The molecule has 3 rings (SSSR count). The zero-order chi connectivity index (χ0) is 28.1. The van der Waals surface area contributed by atoms with Crippen LogP contribution in [-0.2, 0) is 40.2 Å². The Balaban J connectivity index is 1.87. The van der Waals surface area contributed by atoms with Crippen molar-refractivity contribution >= 4 is 52.5 Å². The van der Waals surface area contributed by atoms with Crippen molar-refractivity contribution in [3.8, 4) is 0 Å². The van der Waals surface area contributed by atoms with Crippen molar-refractivity contribution in [2.24, 2.45) is 0 Å². The average molecular weight is 586 g/mol. The van der Waals surface area contributed by atoms with E-state index in [-0.39, 0.29) is 12.0 Å². The van der Waals surface area contributed by atoms with Crippen LogP contribution in [0.1, 0.15) is 22.7 Å². The van der Waals surface area contributed by atoms with E-state index < -0.39 is 76.6 Å². The van der Waals surface area contributed by atoms with Gasteiger partial charge in [0.05, 0.1) is 29.6 Å². The number of hydrogen-bond acceptors (Lipinski definition) is 10. The molecule has 38 heavy (non-hydrogen) atoms. The molecule has 2 N–H and O–H groups in total. The number of benzene rings is 2. The van der Waals surface area contributed by atoms with Crippen LogP contribution in [0.3, 0.4) is 0 Å². The van der Waals surface area contributed by atoms with Crippen LogP contribution < -0.4 is 10.0 Å². The lowest BCUT2D eigenvalue weighted by Crippen LogP contribution is -2.54. The van der Waals surface area contributed by atoms with Gasteiger partial charge in [-0.1, -0.05) is 42.5 Å². The summed E-state index contributed by atoms with van der Waals surface area (Å²) >= 11 is 0. The van der Waals surface area contributed by atoms with Gasteiger partial charge in [0, 0.05) is 6.26 Å². The quantitative estimate of drug-likeness (QED) is 0.267. The number of nitrogens with one attached hydrogen (secondary N) is 2. The highest BCUT2D eigenvalue weighted by molar-refractivity contribution is 7.91. The van der Waals surface area contributed by atoms with Gasteiger partial charge in [0.25, 0.3) is 5.89 Å². The summed E-state index contributed by atoms with van der Waals surface area (Å²) in [6.07, 6.45) is 1.31. The molecule has 1 heterocycles. The number of Topliss-reactive ketones (excluding diaryl/α,β-unsaturated/α-hetero) is 1. The summed E-state index contributed by atoms with van der Waals surface area (Å²) in [5, 5.41) is 2.30. The summed E-state index contributed by atoms with van der Waals surface area (Å²) < 4.78 is 80.5. The lowest BCUT2D eigenvalue weighted by atomic mass is 10.1. The second kappa shape index (κ2) is 11.7. The Morgan fingerprint density at radius 2 is 1.53 bits per heavy atom. The van der Waals surface area contributed by atoms with E-state index in [1.165, 1.54) is 0 Å². The van der Waals surface area contributed by atoms with Crippen molar-refractivity contribution in [2.75, 3.05) is 24.0 Å². The molecule has 0 saturated carbocycles. The molecule has 15 heteroatoms. The molecule has 0 bridgehead atoms. The second-order valence-corrected chi connectivity index (χ2v) is 15.0. The molecule has 1 amide bonds. The molecule has 2 atom stereocenters. The predicted octanol–water partition coefficient (Wildman–Crippen LogP) is 0.463. The highest BCUT2D eigenvalue weighted by Crippen LogP contribution is 2.17.